The highest BCUT2D eigenvalue weighted by atomic mass is 15.2. The molecule has 0 bridgehead atoms. The molecule has 2 atom stereocenters. The first-order chi connectivity index (χ1) is 23.9. The predicted molar refractivity (Wildman–Crippen MR) is 219 cm³/mol. The average molecular weight is 672 g/mol. The quantitative estimate of drug-likeness (QED) is 0.174. The number of fused-ring (bicyclic) bond motifs is 6. The lowest BCUT2D eigenvalue weighted by molar-refractivity contribution is 0.468. The number of hydrogen-bond acceptors (Lipinski definition) is 3. The van der Waals surface area contributed by atoms with Crippen LogP contribution in [0.4, 0.5) is 28.4 Å². The Kier molecular flexibility index (Phi) is 7.36. The fourth-order valence-electron chi connectivity index (χ4n) is 9.39. The molecular formula is C47H54BN3. The molecule has 2 unspecified atom stereocenters. The molecule has 3 nitrogen and oxygen atoms in total. The number of aromatic nitrogens is 1. The predicted octanol–water partition coefficient (Wildman–Crippen LogP) is 11.2. The number of aryl methyl sites for hydroxylation is 1. The van der Waals surface area contributed by atoms with Crippen molar-refractivity contribution >= 4 is 46.1 Å². The van der Waals surface area contributed by atoms with Gasteiger partial charge in [0.15, 0.2) is 0 Å². The lowest BCUT2D eigenvalue weighted by Gasteiger charge is -2.51. The van der Waals surface area contributed by atoms with E-state index < -0.39 is 0 Å². The van der Waals surface area contributed by atoms with Crippen LogP contribution < -0.4 is 20.7 Å². The Bertz CT molecular complexity index is 2160. The molecule has 3 aliphatic rings. The van der Waals surface area contributed by atoms with Crippen molar-refractivity contribution in [2.24, 2.45) is 0 Å². The lowest BCUT2D eigenvalue weighted by Crippen LogP contribution is -2.61. The van der Waals surface area contributed by atoms with Gasteiger partial charge in [0.1, 0.15) is 0 Å². The zero-order valence-corrected chi connectivity index (χ0v) is 32.8. The van der Waals surface area contributed by atoms with Crippen molar-refractivity contribution < 1.29 is 0 Å². The first-order valence-corrected chi connectivity index (χ1v) is 18.9. The average Bonchev–Trinajstić information content (AvgIpc) is 3.29. The van der Waals surface area contributed by atoms with Gasteiger partial charge in [0.25, 0.3) is 0 Å². The number of pyridine rings is 1. The summed E-state index contributed by atoms with van der Waals surface area (Å²) in [4.78, 5) is 10.5. The Labute approximate surface area is 307 Å². The van der Waals surface area contributed by atoms with E-state index in [1.807, 2.05) is 0 Å². The second-order valence-corrected chi connectivity index (χ2v) is 19.2. The molecule has 0 saturated carbocycles. The van der Waals surface area contributed by atoms with Gasteiger partial charge in [0, 0.05) is 45.7 Å². The number of rotatable bonds is 2. The van der Waals surface area contributed by atoms with Gasteiger partial charge in [-0.15, -0.1) is 0 Å². The van der Waals surface area contributed by atoms with Crippen LogP contribution in [0.2, 0.25) is 5.82 Å². The summed E-state index contributed by atoms with van der Waals surface area (Å²) in [5.74, 6) is 0.289. The normalized spacial score (nSPS) is 19.0. The van der Waals surface area contributed by atoms with E-state index in [1.54, 1.807) is 0 Å². The molecule has 2 aliphatic heterocycles. The molecule has 51 heavy (non-hydrogen) atoms. The molecular weight excluding hydrogens is 617 g/mol. The van der Waals surface area contributed by atoms with Crippen molar-refractivity contribution in [2.45, 2.75) is 117 Å². The summed E-state index contributed by atoms with van der Waals surface area (Å²) in [6.45, 7) is 28.0. The summed E-state index contributed by atoms with van der Waals surface area (Å²) in [7, 11) is 0. The standard InChI is InChI=1S/C47H54BN3/c1-29-25-38-41-39(26-29)51(33-23-19-31(20-24-33)45(5,6)7)42-34-15-13-14-16-35(34)47(11,12)43(42)48(41)36-28-49-40(46(8,9)10)27-37(36)50(38)32-21-17-30(18-22-32)44(2,3)4/h13-28,42-43H,1-12H3. The topological polar surface area (TPSA) is 19.4 Å². The van der Waals surface area contributed by atoms with Crippen LogP contribution in [0.25, 0.3) is 0 Å². The molecule has 0 radical (unpaired) electrons. The highest BCUT2D eigenvalue weighted by Gasteiger charge is 2.59. The summed E-state index contributed by atoms with van der Waals surface area (Å²) in [5, 5.41) is 0. The summed E-state index contributed by atoms with van der Waals surface area (Å²) in [5.41, 5.74) is 17.1. The van der Waals surface area contributed by atoms with Crippen molar-refractivity contribution in [1.82, 2.24) is 4.98 Å². The minimum Gasteiger partial charge on any atom is -0.335 e. The van der Waals surface area contributed by atoms with Crippen LogP contribution in [-0.2, 0) is 21.7 Å². The molecule has 0 amide bonds. The van der Waals surface area contributed by atoms with Crippen molar-refractivity contribution in [3.05, 3.63) is 131 Å². The molecule has 0 spiro atoms. The van der Waals surface area contributed by atoms with Gasteiger partial charge in [-0.1, -0.05) is 125 Å². The third-order valence-corrected chi connectivity index (χ3v) is 12.1. The summed E-state index contributed by atoms with van der Waals surface area (Å²) in [6, 6.07) is 35.5. The summed E-state index contributed by atoms with van der Waals surface area (Å²) < 4.78 is 0. The number of benzene rings is 4. The van der Waals surface area contributed by atoms with Crippen LogP contribution in [0.5, 0.6) is 0 Å². The number of hydrogen-bond donors (Lipinski definition) is 0. The Morgan fingerprint density at radius 2 is 1.22 bits per heavy atom. The first kappa shape index (κ1) is 33.8. The smallest absolute Gasteiger partial charge is 0.225 e. The van der Waals surface area contributed by atoms with Gasteiger partial charge in [-0.05, 0) is 110 Å². The Morgan fingerprint density at radius 3 is 1.80 bits per heavy atom. The largest absolute Gasteiger partial charge is 0.335 e. The van der Waals surface area contributed by atoms with Crippen molar-refractivity contribution in [2.75, 3.05) is 9.80 Å². The first-order valence-electron chi connectivity index (χ1n) is 18.9. The summed E-state index contributed by atoms with van der Waals surface area (Å²) >= 11 is 0. The van der Waals surface area contributed by atoms with Gasteiger partial charge in [0.2, 0.25) is 6.71 Å². The zero-order chi connectivity index (χ0) is 36.4. The van der Waals surface area contributed by atoms with Crippen molar-refractivity contribution in [1.29, 1.82) is 0 Å². The molecule has 8 rings (SSSR count). The minimum absolute atomic E-state index is 0.0775. The fraction of sp³-hybridized carbons (Fsp3) is 0.383. The lowest BCUT2D eigenvalue weighted by atomic mass is 9.27. The molecule has 0 N–H and O–H groups in total. The number of nitrogens with zero attached hydrogens (tertiary/aromatic N) is 3. The third kappa shape index (κ3) is 5.19. The van der Waals surface area contributed by atoms with E-state index in [9.17, 15) is 0 Å². The van der Waals surface area contributed by atoms with E-state index in [2.05, 4.69) is 190 Å². The van der Waals surface area contributed by atoms with Crippen LogP contribution in [0.1, 0.15) is 116 Å². The molecule has 4 heteroatoms. The molecule has 3 heterocycles. The Hall–Kier alpha value is -4.31. The van der Waals surface area contributed by atoms with Crippen molar-refractivity contribution in [3.63, 3.8) is 0 Å². The van der Waals surface area contributed by atoms with Crippen LogP contribution in [-0.4, -0.2) is 11.7 Å². The Balaban J connectivity index is 1.45. The van der Waals surface area contributed by atoms with Crippen LogP contribution in [0.3, 0.4) is 0 Å². The molecule has 260 valence electrons. The third-order valence-electron chi connectivity index (χ3n) is 12.1. The zero-order valence-electron chi connectivity index (χ0n) is 32.8. The highest BCUT2D eigenvalue weighted by Crippen LogP contribution is 2.62. The van der Waals surface area contributed by atoms with Gasteiger partial charge in [-0.2, -0.15) is 0 Å². The second kappa shape index (κ2) is 11.1. The fourth-order valence-corrected chi connectivity index (χ4v) is 9.39. The molecule has 1 aliphatic carbocycles. The number of anilines is 5. The molecule has 0 saturated heterocycles. The van der Waals surface area contributed by atoms with E-state index in [0.717, 1.165) is 5.69 Å². The molecule has 4 aromatic carbocycles. The molecule has 5 aromatic rings. The monoisotopic (exact) mass is 671 g/mol. The van der Waals surface area contributed by atoms with Crippen molar-refractivity contribution in [3.8, 4) is 0 Å². The van der Waals surface area contributed by atoms with Crippen LogP contribution in [0.15, 0.2) is 97.2 Å². The van der Waals surface area contributed by atoms with Gasteiger partial charge in [-0.25, -0.2) is 0 Å². The van der Waals surface area contributed by atoms with E-state index in [1.165, 1.54) is 67.2 Å². The van der Waals surface area contributed by atoms with E-state index >= 15 is 0 Å². The van der Waals surface area contributed by atoms with Gasteiger partial charge in [-0.3, -0.25) is 4.98 Å². The SMILES string of the molecule is Cc1cc2c3c(c1)N(c1ccc(C(C)(C)C)cc1)C1c4ccccc4C(C)(C)C1B3c1cnc(C(C)(C)C)cc1N2c1ccc(C(C)(C)C)cc1. The molecule has 1 aromatic heterocycles. The molecule has 0 fully saturated rings. The van der Waals surface area contributed by atoms with E-state index in [4.69, 9.17) is 4.98 Å². The van der Waals surface area contributed by atoms with Gasteiger partial charge < -0.3 is 9.80 Å². The Morgan fingerprint density at radius 1 is 0.647 bits per heavy atom. The van der Waals surface area contributed by atoms with Crippen LogP contribution >= 0.6 is 0 Å². The second-order valence-electron chi connectivity index (χ2n) is 19.2. The van der Waals surface area contributed by atoms with E-state index in [0.29, 0.717) is 0 Å². The van der Waals surface area contributed by atoms with Gasteiger partial charge >= 0.3 is 0 Å². The highest BCUT2D eigenvalue weighted by molar-refractivity contribution is 6.91. The maximum atomic E-state index is 5.26. The maximum absolute atomic E-state index is 5.26. The summed E-state index contributed by atoms with van der Waals surface area (Å²) in [6.07, 6.45) is 2.24. The van der Waals surface area contributed by atoms with Crippen LogP contribution in [0, 0.1) is 6.92 Å². The maximum Gasteiger partial charge on any atom is 0.225 e. The van der Waals surface area contributed by atoms with Gasteiger partial charge in [0.05, 0.1) is 6.04 Å². The van der Waals surface area contributed by atoms with E-state index in [-0.39, 0.29) is 40.2 Å². The minimum atomic E-state index is -0.0805.